The molecule has 0 aromatic heterocycles. The average molecular weight is 232 g/mol. The van der Waals surface area contributed by atoms with Crippen LogP contribution in [0.25, 0.3) is 0 Å². The summed E-state index contributed by atoms with van der Waals surface area (Å²) in [6.45, 7) is 0. The molecule has 1 saturated carbocycles. The van der Waals surface area contributed by atoms with E-state index in [2.05, 4.69) is 0 Å². The van der Waals surface area contributed by atoms with Gasteiger partial charge in [0.15, 0.2) is 5.78 Å². The molecule has 0 spiro atoms. The molecule has 1 nitrogen and oxygen atoms in total. The van der Waals surface area contributed by atoms with Gasteiger partial charge in [-0.2, -0.15) is 0 Å². The summed E-state index contributed by atoms with van der Waals surface area (Å²) >= 11 is 11.3. The third-order valence-corrected chi connectivity index (χ3v) is 2.69. The van der Waals surface area contributed by atoms with Crippen LogP contribution in [0.15, 0.2) is 12.1 Å². The van der Waals surface area contributed by atoms with Crippen molar-refractivity contribution < 1.29 is 9.18 Å². The summed E-state index contributed by atoms with van der Waals surface area (Å²) in [7, 11) is 0. The second-order valence-electron chi connectivity index (χ2n) is 3.19. The molecule has 0 aliphatic heterocycles. The van der Waals surface area contributed by atoms with Gasteiger partial charge in [0.05, 0.1) is 10.0 Å². The minimum atomic E-state index is -0.611. The van der Waals surface area contributed by atoms with E-state index in [9.17, 15) is 9.18 Å². The molecule has 4 heteroatoms. The number of rotatable bonds is 2. The summed E-state index contributed by atoms with van der Waals surface area (Å²) in [6, 6.07) is 2.35. The van der Waals surface area contributed by atoms with Crippen LogP contribution < -0.4 is 0 Å². The SMILES string of the molecule is O=C(c1cc(F)c(Cl)cc1Cl)C1[CH]C1. The van der Waals surface area contributed by atoms with Crippen LogP contribution in [0.2, 0.25) is 10.0 Å². The Morgan fingerprint density at radius 2 is 2.00 bits per heavy atom. The van der Waals surface area contributed by atoms with Crippen molar-refractivity contribution in [2.45, 2.75) is 6.42 Å². The van der Waals surface area contributed by atoms with E-state index < -0.39 is 5.82 Å². The summed E-state index contributed by atoms with van der Waals surface area (Å²) in [5.41, 5.74) is 0.215. The molecule has 0 amide bonds. The van der Waals surface area contributed by atoms with Crippen molar-refractivity contribution in [1.29, 1.82) is 0 Å². The maximum Gasteiger partial charge on any atom is 0.167 e. The molecule has 1 fully saturated rings. The fourth-order valence-electron chi connectivity index (χ4n) is 1.19. The molecule has 14 heavy (non-hydrogen) atoms. The standard InChI is InChI=1S/C10H6Cl2FO/c11-7-4-8(12)9(13)3-6(7)10(14)5-1-2-5/h1,3-5H,2H2. The fourth-order valence-corrected chi connectivity index (χ4v) is 1.67. The van der Waals surface area contributed by atoms with Crippen molar-refractivity contribution in [3.05, 3.63) is 40.0 Å². The average Bonchev–Trinajstić information content (AvgIpc) is 2.93. The second-order valence-corrected chi connectivity index (χ2v) is 4.00. The summed E-state index contributed by atoms with van der Waals surface area (Å²) in [4.78, 5) is 11.6. The van der Waals surface area contributed by atoms with Gasteiger partial charge in [-0.3, -0.25) is 4.79 Å². The number of Topliss-reactive ketones (excluding diaryl/α,β-unsaturated/α-hetero) is 1. The van der Waals surface area contributed by atoms with Gasteiger partial charge in [-0.15, -0.1) is 0 Å². The Kier molecular flexibility index (Phi) is 2.50. The summed E-state index contributed by atoms with van der Waals surface area (Å²) in [6.07, 6.45) is 2.60. The van der Waals surface area contributed by atoms with Crippen molar-refractivity contribution in [3.8, 4) is 0 Å². The molecule has 1 radical (unpaired) electrons. The molecule has 1 unspecified atom stereocenters. The van der Waals surface area contributed by atoms with Gasteiger partial charge in [-0.05, 0) is 25.0 Å². The molecule has 1 aliphatic carbocycles. The van der Waals surface area contributed by atoms with Gasteiger partial charge in [-0.25, -0.2) is 4.39 Å². The van der Waals surface area contributed by atoms with Gasteiger partial charge in [0, 0.05) is 11.5 Å². The van der Waals surface area contributed by atoms with E-state index in [1.54, 1.807) is 0 Å². The third kappa shape index (κ3) is 1.77. The van der Waals surface area contributed by atoms with Gasteiger partial charge < -0.3 is 0 Å². The number of carbonyl (C=O) groups is 1. The Hall–Kier alpha value is -0.600. The van der Waals surface area contributed by atoms with Gasteiger partial charge >= 0.3 is 0 Å². The molecule has 1 atom stereocenters. The first-order valence-electron chi connectivity index (χ1n) is 4.11. The van der Waals surface area contributed by atoms with Gasteiger partial charge in [0.25, 0.3) is 0 Å². The molecule has 1 aromatic carbocycles. The second kappa shape index (κ2) is 3.52. The van der Waals surface area contributed by atoms with Crippen LogP contribution in [0.1, 0.15) is 16.8 Å². The normalized spacial score (nSPS) is 15.6. The van der Waals surface area contributed by atoms with Crippen molar-refractivity contribution in [1.82, 2.24) is 0 Å². The van der Waals surface area contributed by atoms with Crippen LogP contribution in [-0.2, 0) is 0 Å². The van der Waals surface area contributed by atoms with E-state index >= 15 is 0 Å². The first kappa shape index (κ1) is 9.94. The summed E-state index contributed by atoms with van der Waals surface area (Å²) in [5.74, 6) is -0.835. The molecule has 2 rings (SSSR count). The van der Waals surface area contributed by atoms with E-state index in [0.717, 1.165) is 12.5 Å². The number of hydrogen-bond acceptors (Lipinski definition) is 1. The highest BCUT2D eigenvalue weighted by Crippen LogP contribution is 2.34. The van der Waals surface area contributed by atoms with E-state index in [4.69, 9.17) is 23.2 Å². The molecule has 0 bridgehead atoms. The van der Waals surface area contributed by atoms with E-state index in [1.165, 1.54) is 6.07 Å². The van der Waals surface area contributed by atoms with Gasteiger partial charge in [-0.1, -0.05) is 23.2 Å². The Labute approximate surface area is 90.8 Å². The smallest absolute Gasteiger partial charge is 0.167 e. The van der Waals surface area contributed by atoms with E-state index in [0.29, 0.717) is 0 Å². The maximum atomic E-state index is 13.1. The molecular weight excluding hydrogens is 226 g/mol. The first-order valence-corrected chi connectivity index (χ1v) is 4.87. The molecule has 0 saturated heterocycles. The highest BCUT2D eigenvalue weighted by molar-refractivity contribution is 6.37. The Balaban J connectivity index is 2.41. The van der Waals surface area contributed by atoms with Crippen LogP contribution >= 0.6 is 23.2 Å². The summed E-state index contributed by atoms with van der Waals surface area (Å²) in [5, 5.41) is 0.146. The Morgan fingerprint density at radius 3 is 2.57 bits per heavy atom. The van der Waals surface area contributed by atoms with Crippen LogP contribution in [0.5, 0.6) is 0 Å². The minimum absolute atomic E-state index is 0.0636. The number of hydrogen-bond donors (Lipinski definition) is 0. The molecule has 1 aromatic rings. The monoisotopic (exact) mass is 231 g/mol. The van der Waals surface area contributed by atoms with Gasteiger partial charge in [0.2, 0.25) is 0 Å². The van der Waals surface area contributed by atoms with Crippen molar-refractivity contribution >= 4 is 29.0 Å². The molecule has 73 valence electrons. The lowest BCUT2D eigenvalue weighted by Crippen LogP contribution is -2.03. The molecular formula is C10H6Cl2FO. The predicted molar refractivity (Wildman–Crippen MR) is 53.2 cm³/mol. The van der Waals surface area contributed by atoms with Crippen LogP contribution in [-0.4, -0.2) is 5.78 Å². The Bertz CT molecular complexity index is 399. The summed E-state index contributed by atoms with van der Waals surface area (Å²) < 4.78 is 13.1. The lowest BCUT2D eigenvalue weighted by Gasteiger charge is -2.03. The number of halogens is 3. The number of benzene rings is 1. The quantitative estimate of drug-likeness (QED) is 0.563. The van der Waals surface area contributed by atoms with Crippen molar-refractivity contribution in [2.75, 3.05) is 0 Å². The molecule has 1 aliphatic rings. The first-order chi connectivity index (χ1) is 6.59. The predicted octanol–water partition coefficient (Wildman–Crippen LogP) is 3.54. The number of ketones is 1. The topological polar surface area (TPSA) is 17.1 Å². The third-order valence-electron chi connectivity index (χ3n) is 2.08. The van der Waals surface area contributed by atoms with Crippen molar-refractivity contribution in [2.24, 2.45) is 5.92 Å². The maximum absolute atomic E-state index is 13.1. The van der Waals surface area contributed by atoms with E-state index in [-0.39, 0.29) is 27.3 Å². The fraction of sp³-hybridized carbons (Fsp3) is 0.200. The zero-order chi connectivity index (χ0) is 10.3. The Morgan fingerprint density at radius 1 is 1.36 bits per heavy atom. The van der Waals surface area contributed by atoms with E-state index in [1.807, 2.05) is 6.42 Å². The van der Waals surface area contributed by atoms with Crippen LogP contribution in [0.4, 0.5) is 4.39 Å². The zero-order valence-corrected chi connectivity index (χ0v) is 8.57. The molecule has 0 N–H and O–H groups in total. The van der Waals surface area contributed by atoms with Crippen LogP contribution in [0, 0.1) is 18.2 Å². The lowest BCUT2D eigenvalue weighted by atomic mass is 10.1. The van der Waals surface area contributed by atoms with Crippen molar-refractivity contribution in [3.63, 3.8) is 0 Å². The minimum Gasteiger partial charge on any atom is -0.294 e. The largest absolute Gasteiger partial charge is 0.294 e. The molecule has 0 heterocycles. The number of carbonyl (C=O) groups excluding carboxylic acids is 1. The highest BCUT2D eigenvalue weighted by Gasteiger charge is 2.32. The zero-order valence-electron chi connectivity index (χ0n) is 7.06. The highest BCUT2D eigenvalue weighted by atomic mass is 35.5. The lowest BCUT2D eigenvalue weighted by molar-refractivity contribution is 0.0972. The van der Waals surface area contributed by atoms with Crippen LogP contribution in [0.3, 0.4) is 0 Å². The van der Waals surface area contributed by atoms with Gasteiger partial charge in [0.1, 0.15) is 5.82 Å².